The average molecular weight is 182 g/mol. The number of unbranched alkanes of at least 4 members (excludes halogenated alkanes) is 1. The van der Waals surface area contributed by atoms with Gasteiger partial charge in [-0.3, -0.25) is 0 Å². The highest BCUT2D eigenvalue weighted by molar-refractivity contribution is 4.77. The van der Waals surface area contributed by atoms with Crippen LogP contribution in [0.25, 0.3) is 0 Å². The maximum atomic E-state index is 3.84. The molecule has 0 saturated heterocycles. The van der Waals surface area contributed by atoms with Gasteiger partial charge in [0.05, 0.1) is 0 Å². The Morgan fingerprint density at radius 3 is 2.23 bits per heavy atom. The van der Waals surface area contributed by atoms with Crippen molar-refractivity contribution in [2.24, 2.45) is 17.8 Å². The van der Waals surface area contributed by atoms with Crippen molar-refractivity contribution in [3.05, 3.63) is 12.7 Å². The van der Waals surface area contributed by atoms with E-state index < -0.39 is 0 Å². The first-order valence-electron chi connectivity index (χ1n) is 5.74. The van der Waals surface area contributed by atoms with Crippen molar-refractivity contribution in [2.45, 2.75) is 53.4 Å². The van der Waals surface area contributed by atoms with Crippen molar-refractivity contribution < 1.29 is 0 Å². The standard InChI is InChI=1S/C13H26/c1-6-8-9-12(4)13(5)10-11(3)7-2/h7,11-13H,2,6,8-10H2,1,3-5H3. The molecule has 3 unspecified atom stereocenters. The fourth-order valence-corrected chi connectivity index (χ4v) is 1.73. The van der Waals surface area contributed by atoms with Gasteiger partial charge in [-0.05, 0) is 24.2 Å². The lowest BCUT2D eigenvalue weighted by molar-refractivity contribution is 0.313. The van der Waals surface area contributed by atoms with Gasteiger partial charge in [0.25, 0.3) is 0 Å². The molecule has 0 aliphatic carbocycles. The summed E-state index contributed by atoms with van der Waals surface area (Å²) in [5.41, 5.74) is 0. The van der Waals surface area contributed by atoms with Gasteiger partial charge in [0.15, 0.2) is 0 Å². The summed E-state index contributed by atoms with van der Waals surface area (Å²) in [6.07, 6.45) is 7.47. The maximum absolute atomic E-state index is 3.84. The molecule has 0 aliphatic rings. The minimum atomic E-state index is 0.680. The quantitative estimate of drug-likeness (QED) is 0.502. The molecule has 3 atom stereocenters. The van der Waals surface area contributed by atoms with E-state index in [0.29, 0.717) is 5.92 Å². The molecule has 0 heterocycles. The predicted molar refractivity (Wildman–Crippen MR) is 61.8 cm³/mol. The van der Waals surface area contributed by atoms with Crippen LogP contribution in [0.15, 0.2) is 12.7 Å². The Hall–Kier alpha value is -0.260. The molecular formula is C13H26. The van der Waals surface area contributed by atoms with Crippen LogP contribution in [-0.2, 0) is 0 Å². The van der Waals surface area contributed by atoms with Gasteiger partial charge in [-0.15, -0.1) is 6.58 Å². The summed E-state index contributed by atoms with van der Waals surface area (Å²) in [5.74, 6) is 2.40. The normalized spacial score (nSPS) is 17.8. The number of rotatable bonds is 7. The zero-order chi connectivity index (χ0) is 10.3. The molecule has 0 bridgehead atoms. The number of hydrogen-bond donors (Lipinski definition) is 0. The predicted octanol–water partition coefficient (Wildman–Crippen LogP) is 4.66. The van der Waals surface area contributed by atoms with E-state index in [-0.39, 0.29) is 0 Å². The second-order valence-electron chi connectivity index (χ2n) is 4.55. The topological polar surface area (TPSA) is 0 Å². The van der Waals surface area contributed by atoms with E-state index in [0.717, 1.165) is 11.8 Å². The molecule has 0 heteroatoms. The Labute approximate surface area is 84.4 Å². The summed E-state index contributed by atoms with van der Waals surface area (Å²) in [5, 5.41) is 0. The fourth-order valence-electron chi connectivity index (χ4n) is 1.73. The van der Waals surface area contributed by atoms with Crippen LogP contribution < -0.4 is 0 Å². The largest absolute Gasteiger partial charge is 0.103 e. The first-order chi connectivity index (χ1) is 6.11. The van der Waals surface area contributed by atoms with Crippen LogP contribution in [-0.4, -0.2) is 0 Å². The van der Waals surface area contributed by atoms with E-state index in [2.05, 4.69) is 40.3 Å². The van der Waals surface area contributed by atoms with E-state index in [1.54, 1.807) is 0 Å². The lowest BCUT2D eigenvalue weighted by Gasteiger charge is -2.21. The second-order valence-corrected chi connectivity index (χ2v) is 4.55. The molecule has 0 saturated carbocycles. The van der Waals surface area contributed by atoms with E-state index in [4.69, 9.17) is 0 Å². The monoisotopic (exact) mass is 182 g/mol. The highest BCUT2D eigenvalue weighted by Crippen LogP contribution is 2.24. The van der Waals surface area contributed by atoms with E-state index in [9.17, 15) is 0 Å². The molecule has 0 N–H and O–H groups in total. The fraction of sp³-hybridized carbons (Fsp3) is 0.846. The Morgan fingerprint density at radius 2 is 1.77 bits per heavy atom. The summed E-state index contributed by atoms with van der Waals surface area (Å²) in [4.78, 5) is 0. The van der Waals surface area contributed by atoms with Gasteiger partial charge < -0.3 is 0 Å². The van der Waals surface area contributed by atoms with Gasteiger partial charge in [-0.1, -0.05) is 53.0 Å². The number of allylic oxidation sites excluding steroid dienone is 1. The third-order valence-electron chi connectivity index (χ3n) is 3.13. The maximum Gasteiger partial charge on any atom is -0.0262 e. The summed E-state index contributed by atoms with van der Waals surface area (Å²) >= 11 is 0. The van der Waals surface area contributed by atoms with Crippen molar-refractivity contribution in [1.29, 1.82) is 0 Å². The SMILES string of the molecule is C=CC(C)CC(C)C(C)CCCC. The van der Waals surface area contributed by atoms with Gasteiger partial charge in [0.1, 0.15) is 0 Å². The van der Waals surface area contributed by atoms with Gasteiger partial charge >= 0.3 is 0 Å². The van der Waals surface area contributed by atoms with Crippen LogP contribution >= 0.6 is 0 Å². The van der Waals surface area contributed by atoms with Gasteiger partial charge in [-0.25, -0.2) is 0 Å². The Kier molecular flexibility index (Phi) is 7.03. The van der Waals surface area contributed by atoms with Crippen molar-refractivity contribution in [3.8, 4) is 0 Å². The van der Waals surface area contributed by atoms with Gasteiger partial charge in [0, 0.05) is 0 Å². The Bertz CT molecular complexity index is 126. The third kappa shape index (κ3) is 5.90. The highest BCUT2D eigenvalue weighted by atomic mass is 14.2. The molecule has 0 spiro atoms. The minimum absolute atomic E-state index is 0.680. The van der Waals surface area contributed by atoms with Crippen LogP contribution in [0.4, 0.5) is 0 Å². The number of hydrogen-bond acceptors (Lipinski definition) is 0. The molecular weight excluding hydrogens is 156 g/mol. The van der Waals surface area contributed by atoms with Crippen molar-refractivity contribution in [1.82, 2.24) is 0 Å². The van der Waals surface area contributed by atoms with Crippen molar-refractivity contribution >= 4 is 0 Å². The molecule has 0 aliphatic heterocycles. The third-order valence-corrected chi connectivity index (χ3v) is 3.13. The lowest BCUT2D eigenvalue weighted by Crippen LogP contribution is -2.10. The van der Waals surface area contributed by atoms with E-state index >= 15 is 0 Å². The average Bonchev–Trinajstić information content (AvgIpc) is 2.13. The van der Waals surface area contributed by atoms with E-state index in [1.165, 1.54) is 25.7 Å². The van der Waals surface area contributed by atoms with Crippen molar-refractivity contribution in [3.63, 3.8) is 0 Å². The first kappa shape index (κ1) is 12.7. The Balaban J connectivity index is 3.67. The summed E-state index contributed by atoms with van der Waals surface area (Å²) in [6.45, 7) is 13.1. The molecule has 0 amide bonds. The van der Waals surface area contributed by atoms with Crippen LogP contribution in [0.2, 0.25) is 0 Å². The van der Waals surface area contributed by atoms with Crippen molar-refractivity contribution in [2.75, 3.05) is 0 Å². The Morgan fingerprint density at radius 1 is 1.15 bits per heavy atom. The molecule has 0 aromatic heterocycles. The van der Waals surface area contributed by atoms with Gasteiger partial charge in [0.2, 0.25) is 0 Å². The van der Waals surface area contributed by atoms with Crippen LogP contribution in [0.3, 0.4) is 0 Å². The summed E-state index contributed by atoms with van der Waals surface area (Å²) < 4.78 is 0. The zero-order valence-electron chi connectivity index (χ0n) is 9.84. The molecule has 0 radical (unpaired) electrons. The molecule has 0 fully saturated rings. The molecule has 0 aromatic rings. The lowest BCUT2D eigenvalue weighted by atomic mass is 9.85. The molecule has 0 nitrogen and oxygen atoms in total. The minimum Gasteiger partial charge on any atom is -0.103 e. The van der Waals surface area contributed by atoms with Crippen LogP contribution in [0, 0.1) is 17.8 Å². The van der Waals surface area contributed by atoms with Crippen LogP contribution in [0.1, 0.15) is 53.4 Å². The first-order valence-corrected chi connectivity index (χ1v) is 5.74. The summed E-state index contributed by atoms with van der Waals surface area (Å²) in [6, 6.07) is 0. The molecule has 0 aromatic carbocycles. The van der Waals surface area contributed by atoms with E-state index in [1.807, 2.05) is 0 Å². The molecule has 13 heavy (non-hydrogen) atoms. The molecule has 78 valence electrons. The van der Waals surface area contributed by atoms with Gasteiger partial charge in [-0.2, -0.15) is 0 Å². The highest BCUT2D eigenvalue weighted by Gasteiger charge is 2.13. The summed E-state index contributed by atoms with van der Waals surface area (Å²) in [7, 11) is 0. The zero-order valence-corrected chi connectivity index (χ0v) is 9.84. The van der Waals surface area contributed by atoms with Crippen LogP contribution in [0.5, 0.6) is 0 Å². The smallest absolute Gasteiger partial charge is 0.0262 e. The molecule has 0 rings (SSSR count). The second kappa shape index (κ2) is 7.17.